The molecule has 2 aromatic heterocycles. The summed E-state index contributed by atoms with van der Waals surface area (Å²) in [7, 11) is 0. The maximum absolute atomic E-state index is 12.9. The molecule has 9 nitrogen and oxygen atoms in total. The number of nitrogens with one attached hydrogen (secondary N) is 1. The van der Waals surface area contributed by atoms with Gasteiger partial charge in [-0.3, -0.25) is 10.1 Å². The van der Waals surface area contributed by atoms with Crippen LogP contribution < -0.4 is 15.9 Å². The van der Waals surface area contributed by atoms with E-state index in [4.69, 9.17) is 15.1 Å². The smallest absolute Gasteiger partial charge is 0.240 e. The van der Waals surface area contributed by atoms with Gasteiger partial charge in [0.2, 0.25) is 16.9 Å². The lowest BCUT2D eigenvalue weighted by Gasteiger charge is -2.10. The lowest BCUT2D eigenvalue weighted by molar-refractivity contribution is -0.115. The molecule has 1 amide bonds. The van der Waals surface area contributed by atoms with Crippen molar-refractivity contribution in [3.05, 3.63) is 47.7 Å². The van der Waals surface area contributed by atoms with Crippen LogP contribution in [-0.4, -0.2) is 31.2 Å². The van der Waals surface area contributed by atoms with E-state index in [1.54, 1.807) is 19.9 Å². The fourth-order valence-corrected chi connectivity index (χ4v) is 2.81. The summed E-state index contributed by atoms with van der Waals surface area (Å²) in [5, 5.41) is 14.1. The molecule has 0 bridgehead atoms. The summed E-state index contributed by atoms with van der Waals surface area (Å²) in [6, 6.07) is 7.20. The van der Waals surface area contributed by atoms with E-state index in [0.717, 1.165) is 11.8 Å². The molecular weight excluding hydrogens is 375 g/mol. The molecular formula is C16H17FN6O3S. The number of nitrogens with two attached hydrogens (primary N) is 1. The molecule has 1 atom stereocenters. The summed E-state index contributed by atoms with van der Waals surface area (Å²) in [4.78, 5) is 12.2. The number of ether oxygens (including phenoxy) is 1. The summed E-state index contributed by atoms with van der Waals surface area (Å²) in [5.41, 5.74) is 0.665. The molecule has 11 heteroatoms. The van der Waals surface area contributed by atoms with Crippen molar-refractivity contribution in [3.8, 4) is 5.75 Å². The van der Waals surface area contributed by atoms with E-state index in [-0.39, 0.29) is 24.2 Å². The minimum atomic E-state index is -0.507. The van der Waals surface area contributed by atoms with Crippen LogP contribution in [0.25, 0.3) is 0 Å². The fraction of sp³-hybridized carbons (Fsp3) is 0.250. The first kappa shape index (κ1) is 18.7. The lowest BCUT2D eigenvalue weighted by Crippen LogP contribution is -2.23. The van der Waals surface area contributed by atoms with Crippen molar-refractivity contribution in [2.24, 2.45) is 0 Å². The quantitative estimate of drug-likeness (QED) is 0.463. The van der Waals surface area contributed by atoms with Crippen molar-refractivity contribution < 1.29 is 18.4 Å². The topological polar surface area (TPSA) is 121 Å². The highest BCUT2D eigenvalue weighted by molar-refractivity contribution is 8.00. The Morgan fingerprint density at radius 1 is 1.41 bits per heavy atom. The predicted octanol–water partition coefficient (Wildman–Crippen LogP) is 2.13. The van der Waals surface area contributed by atoms with Crippen LogP contribution in [0.15, 0.2) is 40.0 Å². The van der Waals surface area contributed by atoms with Crippen LogP contribution >= 0.6 is 11.8 Å². The first-order valence-corrected chi connectivity index (χ1v) is 8.79. The van der Waals surface area contributed by atoms with Gasteiger partial charge in [-0.25, -0.2) is 9.07 Å². The van der Waals surface area contributed by atoms with E-state index in [2.05, 4.69) is 20.7 Å². The van der Waals surface area contributed by atoms with Crippen LogP contribution in [0.3, 0.4) is 0 Å². The molecule has 1 unspecified atom stereocenters. The number of nitrogens with zero attached hydrogens (tertiary/aromatic N) is 4. The number of amides is 1. The normalized spacial score (nSPS) is 12.0. The summed E-state index contributed by atoms with van der Waals surface area (Å²) >= 11 is 1.13. The van der Waals surface area contributed by atoms with Crippen molar-refractivity contribution in [1.82, 2.24) is 20.0 Å². The zero-order valence-electron chi connectivity index (χ0n) is 14.5. The molecule has 2 heterocycles. The number of benzene rings is 1. The molecule has 27 heavy (non-hydrogen) atoms. The molecule has 3 N–H and O–H groups in total. The van der Waals surface area contributed by atoms with Crippen molar-refractivity contribution in [2.45, 2.75) is 30.9 Å². The number of hydrogen-bond donors (Lipinski definition) is 2. The Kier molecular flexibility index (Phi) is 5.60. The van der Waals surface area contributed by atoms with Gasteiger partial charge in [-0.15, -0.1) is 10.2 Å². The van der Waals surface area contributed by atoms with E-state index in [1.807, 2.05) is 0 Å². The second-order valence-electron chi connectivity index (χ2n) is 5.59. The maximum Gasteiger partial charge on any atom is 0.240 e. The van der Waals surface area contributed by atoms with Crippen LogP contribution in [-0.2, 0) is 11.4 Å². The number of thioether (sulfide) groups is 1. The average molecular weight is 392 g/mol. The van der Waals surface area contributed by atoms with Crippen LogP contribution in [0.2, 0.25) is 0 Å². The predicted molar refractivity (Wildman–Crippen MR) is 96.1 cm³/mol. The lowest BCUT2D eigenvalue weighted by atomic mass is 10.3. The molecule has 0 aliphatic rings. The molecule has 3 rings (SSSR count). The molecule has 0 aliphatic carbocycles. The number of aromatic nitrogens is 4. The number of anilines is 1. The number of rotatable bonds is 7. The highest BCUT2D eigenvalue weighted by Crippen LogP contribution is 2.22. The largest absolute Gasteiger partial charge is 0.486 e. The van der Waals surface area contributed by atoms with Gasteiger partial charge in [0.05, 0.1) is 10.9 Å². The second-order valence-corrected chi connectivity index (χ2v) is 6.90. The van der Waals surface area contributed by atoms with Crippen molar-refractivity contribution in [3.63, 3.8) is 0 Å². The summed E-state index contributed by atoms with van der Waals surface area (Å²) in [6.07, 6.45) is 0. The maximum atomic E-state index is 12.9. The van der Waals surface area contributed by atoms with Crippen molar-refractivity contribution in [1.29, 1.82) is 0 Å². The van der Waals surface area contributed by atoms with Gasteiger partial charge >= 0.3 is 0 Å². The molecule has 142 valence electrons. The van der Waals surface area contributed by atoms with Gasteiger partial charge in [-0.05, 0) is 38.1 Å². The van der Waals surface area contributed by atoms with Gasteiger partial charge in [0.15, 0.2) is 5.82 Å². The zero-order valence-corrected chi connectivity index (χ0v) is 15.4. The first-order chi connectivity index (χ1) is 12.9. The van der Waals surface area contributed by atoms with E-state index in [0.29, 0.717) is 22.4 Å². The Hall–Kier alpha value is -3.08. The Bertz CT molecular complexity index is 927. The number of hydrogen-bond acceptors (Lipinski definition) is 8. The van der Waals surface area contributed by atoms with Gasteiger partial charge in [-0.2, -0.15) is 0 Å². The van der Waals surface area contributed by atoms with E-state index >= 15 is 0 Å². The van der Waals surface area contributed by atoms with Gasteiger partial charge in [0.25, 0.3) is 0 Å². The van der Waals surface area contributed by atoms with Crippen LogP contribution in [0.4, 0.5) is 10.3 Å². The van der Waals surface area contributed by atoms with Gasteiger partial charge in [0.1, 0.15) is 18.2 Å². The zero-order chi connectivity index (χ0) is 19.4. The third-order valence-corrected chi connectivity index (χ3v) is 4.50. The molecule has 0 saturated carbocycles. The molecule has 0 radical (unpaired) electrons. The van der Waals surface area contributed by atoms with E-state index in [9.17, 15) is 9.18 Å². The number of aryl methyl sites for hydroxylation is 1. The SMILES string of the molecule is Cc1cc(NC(=O)C(C)Sc2nnc(COc3ccc(F)cc3)n2N)on1. The standard InChI is InChI=1S/C16H17FN6O3S/c1-9-7-14(26-22-9)19-15(24)10(2)27-16-21-20-13(23(16)18)8-25-12-5-3-11(17)4-6-12/h3-7,10H,8,18H2,1-2H3,(H,19,24). The fourth-order valence-electron chi connectivity index (χ4n) is 2.02. The summed E-state index contributed by atoms with van der Waals surface area (Å²) in [5.74, 6) is 6.43. The molecule has 1 aromatic carbocycles. The Morgan fingerprint density at radius 3 is 2.81 bits per heavy atom. The van der Waals surface area contributed by atoms with Crippen LogP contribution in [0, 0.1) is 12.7 Å². The number of carbonyl (C=O) groups excluding carboxylic acids is 1. The molecule has 0 aliphatic heterocycles. The van der Waals surface area contributed by atoms with Gasteiger partial charge in [0, 0.05) is 6.07 Å². The minimum Gasteiger partial charge on any atom is -0.486 e. The monoisotopic (exact) mass is 392 g/mol. The Morgan fingerprint density at radius 2 is 2.15 bits per heavy atom. The molecule has 3 aromatic rings. The third-order valence-electron chi connectivity index (χ3n) is 3.44. The summed E-state index contributed by atoms with van der Waals surface area (Å²) < 4.78 is 24.6. The van der Waals surface area contributed by atoms with Crippen LogP contribution in [0.5, 0.6) is 5.75 Å². The second kappa shape index (κ2) is 8.08. The minimum absolute atomic E-state index is 0.0492. The highest BCUT2D eigenvalue weighted by Gasteiger charge is 2.20. The van der Waals surface area contributed by atoms with Crippen LogP contribution in [0.1, 0.15) is 18.4 Å². The van der Waals surface area contributed by atoms with Crippen molar-refractivity contribution in [2.75, 3.05) is 11.2 Å². The van der Waals surface area contributed by atoms with Gasteiger partial charge in [-0.1, -0.05) is 16.9 Å². The molecule has 0 fully saturated rings. The molecule has 0 spiro atoms. The highest BCUT2D eigenvalue weighted by atomic mass is 32.2. The van der Waals surface area contributed by atoms with Crippen molar-refractivity contribution >= 4 is 23.6 Å². The van der Waals surface area contributed by atoms with E-state index < -0.39 is 5.25 Å². The number of halogens is 1. The number of nitrogen functional groups attached to an aromatic ring is 1. The van der Waals surface area contributed by atoms with E-state index in [1.165, 1.54) is 28.9 Å². The molecule has 0 saturated heterocycles. The number of carbonyl (C=O) groups is 1. The van der Waals surface area contributed by atoms with Gasteiger partial charge < -0.3 is 15.1 Å². The average Bonchev–Trinajstić information content (AvgIpc) is 3.20. The Balaban J connectivity index is 1.57. The summed E-state index contributed by atoms with van der Waals surface area (Å²) in [6.45, 7) is 3.50. The third kappa shape index (κ3) is 4.76. The first-order valence-electron chi connectivity index (χ1n) is 7.91. The Labute approximate surface area is 158 Å².